The molecule has 0 aliphatic heterocycles. The zero-order valence-electron chi connectivity index (χ0n) is 7.73. The molecule has 0 radical (unpaired) electrons. The molecule has 0 aromatic heterocycles. The smallest absolute Gasteiger partial charge is 0.333 e. The van der Waals surface area contributed by atoms with Crippen LogP contribution >= 0.6 is 0 Å². The zero-order chi connectivity index (χ0) is 10.6. The lowest BCUT2D eigenvalue weighted by atomic mass is 10.2. The summed E-state index contributed by atoms with van der Waals surface area (Å²) in [5, 5.41) is 11.4. The highest BCUT2D eigenvalue weighted by Gasteiger charge is 2.21. The van der Waals surface area contributed by atoms with Crippen molar-refractivity contribution in [2.24, 2.45) is 0 Å². The quantitative estimate of drug-likeness (QED) is 0.704. The van der Waals surface area contributed by atoms with E-state index in [9.17, 15) is 9.59 Å². The first-order valence-electron chi connectivity index (χ1n) is 4.16. The molecule has 0 saturated carbocycles. The number of hydrogen-bond acceptors (Lipinski definition) is 3. The molecule has 0 aliphatic rings. The number of carbonyl (C=O) groups excluding carboxylic acids is 1. The summed E-state index contributed by atoms with van der Waals surface area (Å²) < 4.78 is 0. The van der Waals surface area contributed by atoms with Gasteiger partial charge in [0.05, 0.1) is 0 Å². The Morgan fingerprint density at radius 3 is 2.29 bits per heavy atom. The van der Waals surface area contributed by atoms with Gasteiger partial charge in [0.2, 0.25) is 0 Å². The van der Waals surface area contributed by atoms with Gasteiger partial charge < -0.3 is 10.4 Å². The first-order chi connectivity index (χ1) is 6.61. The number of ketones is 1. The Hall–Kier alpha value is -1.84. The average Bonchev–Trinajstić information content (AvgIpc) is 2.15. The van der Waals surface area contributed by atoms with Crippen LogP contribution in [-0.2, 0) is 9.59 Å². The second-order valence-corrected chi connectivity index (χ2v) is 2.89. The van der Waals surface area contributed by atoms with Gasteiger partial charge in [-0.25, -0.2) is 4.79 Å². The minimum Gasteiger partial charge on any atom is -0.479 e. The molecule has 0 heterocycles. The average molecular weight is 193 g/mol. The van der Waals surface area contributed by atoms with Gasteiger partial charge in [0, 0.05) is 5.69 Å². The molecular weight excluding hydrogens is 182 g/mol. The number of nitrogens with one attached hydrogen (secondary N) is 1. The first kappa shape index (κ1) is 10.2. The second-order valence-electron chi connectivity index (χ2n) is 2.89. The van der Waals surface area contributed by atoms with Crippen molar-refractivity contribution in [3.05, 3.63) is 30.3 Å². The number of aliphatic carboxylic acids is 1. The molecule has 74 valence electrons. The third kappa shape index (κ3) is 2.58. The summed E-state index contributed by atoms with van der Waals surface area (Å²) >= 11 is 0. The Kier molecular flexibility index (Phi) is 3.23. The predicted molar refractivity (Wildman–Crippen MR) is 52.2 cm³/mol. The summed E-state index contributed by atoms with van der Waals surface area (Å²) in [7, 11) is 0. The molecule has 0 bridgehead atoms. The highest BCUT2D eigenvalue weighted by Crippen LogP contribution is 2.07. The molecule has 1 aromatic rings. The van der Waals surface area contributed by atoms with E-state index in [0.29, 0.717) is 5.69 Å². The molecule has 1 atom stereocenters. The fourth-order valence-electron chi connectivity index (χ4n) is 1.04. The van der Waals surface area contributed by atoms with Crippen molar-refractivity contribution in [1.82, 2.24) is 0 Å². The third-order valence-corrected chi connectivity index (χ3v) is 1.74. The summed E-state index contributed by atoms with van der Waals surface area (Å²) in [5.41, 5.74) is 0.620. The Bertz CT molecular complexity index is 320. The highest BCUT2D eigenvalue weighted by molar-refractivity contribution is 6.03. The predicted octanol–water partition coefficient (Wildman–Crippen LogP) is 1.14. The SMILES string of the molecule is CC(=O)C(Nc1ccccc1)C(=O)O. The molecule has 1 aromatic carbocycles. The maximum atomic E-state index is 10.9. The van der Waals surface area contributed by atoms with Crippen LogP contribution in [0.15, 0.2) is 30.3 Å². The normalized spacial score (nSPS) is 11.8. The lowest BCUT2D eigenvalue weighted by Gasteiger charge is -2.11. The Morgan fingerprint density at radius 2 is 1.86 bits per heavy atom. The topological polar surface area (TPSA) is 66.4 Å². The minimum absolute atomic E-state index is 0.415. The van der Waals surface area contributed by atoms with Crippen LogP contribution in [0, 0.1) is 0 Å². The molecule has 0 saturated heterocycles. The molecule has 4 nitrogen and oxygen atoms in total. The van der Waals surface area contributed by atoms with E-state index in [4.69, 9.17) is 5.11 Å². The number of rotatable bonds is 4. The number of hydrogen-bond donors (Lipinski definition) is 2. The van der Waals surface area contributed by atoms with Crippen molar-refractivity contribution in [3.8, 4) is 0 Å². The van der Waals surface area contributed by atoms with Crippen LogP contribution in [0.3, 0.4) is 0 Å². The summed E-state index contributed by atoms with van der Waals surface area (Å²) in [6, 6.07) is 7.59. The van der Waals surface area contributed by atoms with Gasteiger partial charge >= 0.3 is 5.97 Å². The van der Waals surface area contributed by atoms with E-state index in [1.165, 1.54) is 6.92 Å². The molecule has 1 unspecified atom stereocenters. The van der Waals surface area contributed by atoms with Crippen molar-refractivity contribution in [1.29, 1.82) is 0 Å². The zero-order valence-corrected chi connectivity index (χ0v) is 7.73. The van der Waals surface area contributed by atoms with Gasteiger partial charge in [0.15, 0.2) is 11.8 Å². The molecule has 0 spiro atoms. The number of carboxylic acid groups (broad SMARTS) is 1. The lowest BCUT2D eigenvalue weighted by molar-refractivity contribution is -0.140. The van der Waals surface area contributed by atoms with Crippen LogP contribution in [0.1, 0.15) is 6.92 Å². The van der Waals surface area contributed by atoms with Crippen molar-refractivity contribution in [3.63, 3.8) is 0 Å². The molecule has 0 aliphatic carbocycles. The monoisotopic (exact) mass is 193 g/mol. The lowest BCUT2D eigenvalue weighted by Crippen LogP contribution is -2.35. The van der Waals surface area contributed by atoms with Gasteiger partial charge in [0.25, 0.3) is 0 Å². The van der Waals surface area contributed by atoms with Crippen molar-refractivity contribution in [2.45, 2.75) is 13.0 Å². The van der Waals surface area contributed by atoms with E-state index < -0.39 is 17.8 Å². The van der Waals surface area contributed by atoms with Gasteiger partial charge in [-0.15, -0.1) is 0 Å². The summed E-state index contributed by atoms with van der Waals surface area (Å²) in [5.74, 6) is -1.58. The number of anilines is 1. The number of Topliss-reactive ketones (excluding diaryl/α,β-unsaturated/α-hetero) is 1. The van der Waals surface area contributed by atoms with Gasteiger partial charge in [-0.05, 0) is 19.1 Å². The summed E-state index contributed by atoms with van der Waals surface area (Å²) in [4.78, 5) is 21.6. The van der Waals surface area contributed by atoms with Crippen molar-refractivity contribution in [2.75, 3.05) is 5.32 Å². The van der Waals surface area contributed by atoms with Gasteiger partial charge in [0.1, 0.15) is 0 Å². The Balaban J connectivity index is 2.75. The van der Waals surface area contributed by atoms with Crippen LogP contribution in [0.5, 0.6) is 0 Å². The minimum atomic E-state index is -1.17. The molecule has 0 fully saturated rings. The van der Waals surface area contributed by atoms with Crippen LogP contribution in [0.25, 0.3) is 0 Å². The van der Waals surface area contributed by atoms with E-state index in [-0.39, 0.29) is 0 Å². The molecular formula is C10H11NO3. The number of carboxylic acids is 1. The maximum Gasteiger partial charge on any atom is 0.333 e. The van der Waals surface area contributed by atoms with Crippen molar-refractivity contribution < 1.29 is 14.7 Å². The number of benzene rings is 1. The van der Waals surface area contributed by atoms with Crippen LogP contribution in [-0.4, -0.2) is 22.9 Å². The number of para-hydroxylation sites is 1. The maximum absolute atomic E-state index is 10.9. The fourth-order valence-corrected chi connectivity index (χ4v) is 1.04. The Morgan fingerprint density at radius 1 is 1.29 bits per heavy atom. The van der Waals surface area contributed by atoms with E-state index in [2.05, 4.69) is 5.32 Å². The molecule has 0 amide bonds. The fraction of sp³-hybridized carbons (Fsp3) is 0.200. The third-order valence-electron chi connectivity index (χ3n) is 1.74. The number of carbonyl (C=O) groups is 2. The van der Waals surface area contributed by atoms with Gasteiger partial charge in [-0.2, -0.15) is 0 Å². The van der Waals surface area contributed by atoms with Crippen LogP contribution in [0.4, 0.5) is 5.69 Å². The molecule has 14 heavy (non-hydrogen) atoms. The van der Waals surface area contributed by atoms with Gasteiger partial charge in [-0.1, -0.05) is 18.2 Å². The first-order valence-corrected chi connectivity index (χ1v) is 4.16. The van der Waals surface area contributed by atoms with Gasteiger partial charge in [-0.3, -0.25) is 4.79 Å². The van der Waals surface area contributed by atoms with E-state index in [1.807, 2.05) is 6.07 Å². The molecule has 1 rings (SSSR count). The summed E-state index contributed by atoms with van der Waals surface area (Å²) in [6.45, 7) is 1.24. The molecule has 4 heteroatoms. The van der Waals surface area contributed by atoms with Crippen molar-refractivity contribution >= 4 is 17.4 Å². The van der Waals surface area contributed by atoms with E-state index in [0.717, 1.165) is 0 Å². The van der Waals surface area contributed by atoms with Crippen LogP contribution < -0.4 is 5.32 Å². The van der Waals surface area contributed by atoms with Crippen LogP contribution in [0.2, 0.25) is 0 Å². The second kappa shape index (κ2) is 4.41. The summed E-state index contributed by atoms with van der Waals surface area (Å²) in [6.07, 6.45) is 0. The highest BCUT2D eigenvalue weighted by atomic mass is 16.4. The van der Waals surface area contributed by atoms with E-state index in [1.54, 1.807) is 24.3 Å². The Labute approximate surface area is 81.6 Å². The van der Waals surface area contributed by atoms with E-state index >= 15 is 0 Å². The largest absolute Gasteiger partial charge is 0.479 e. The standard InChI is InChI=1S/C10H11NO3/c1-7(12)9(10(13)14)11-8-5-3-2-4-6-8/h2-6,9,11H,1H3,(H,13,14). The molecule has 2 N–H and O–H groups in total.